The molecule has 11 heteroatoms. The molecule has 0 aliphatic carbocycles. The van der Waals surface area contributed by atoms with Gasteiger partial charge in [-0.15, -0.1) is 0 Å². The first-order chi connectivity index (χ1) is 13.0. The Kier molecular flexibility index (Phi) is 7.76. The van der Waals surface area contributed by atoms with Gasteiger partial charge in [0.2, 0.25) is 0 Å². The molecule has 0 spiro atoms. The molecule has 0 aromatic heterocycles. The van der Waals surface area contributed by atoms with E-state index in [4.69, 9.17) is 19.3 Å². The van der Waals surface area contributed by atoms with Crippen LogP contribution in [0, 0.1) is 0 Å². The molecule has 0 saturated carbocycles. The molecule has 2 N–H and O–H groups in total. The molecule has 11 nitrogen and oxygen atoms in total. The number of hydrogen-bond donors (Lipinski definition) is 2. The Morgan fingerprint density at radius 3 is 1.78 bits per heavy atom. The molecular weight excluding hydrogens is 364 g/mol. The first-order valence-corrected chi connectivity index (χ1v) is 8.12. The summed E-state index contributed by atoms with van der Waals surface area (Å²) < 4.78 is 15.7. The van der Waals surface area contributed by atoms with E-state index in [-0.39, 0.29) is 39.6 Å². The van der Waals surface area contributed by atoms with Crippen molar-refractivity contribution in [2.45, 2.75) is 12.5 Å². The first-order valence-electron chi connectivity index (χ1n) is 8.12. The van der Waals surface area contributed by atoms with Gasteiger partial charge in [-0.05, 0) is 0 Å². The third kappa shape index (κ3) is 5.52. The summed E-state index contributed by atoms with van der Waals surface area (Å²) in [7, 11) is 0. The SMILES string of the molecule is O=C1C=CC(=O)N1C(O)COCCOCC(OCCO)N1C(=O)C=CC1=O. The van der Waals surface area contributed by atoms with Crippen LogP contribution in [0.2, 0.25) is 0 Å². The van der Waals surface area contributed by atoms with Crippen LogP contribution >= 0.6 is 0 Å². The third-order valence-electron chi connectivity index (χ3n) is 3.57. The van der Waals surface area contributed by atoms with Crippen molar-refractivity contribution in [3.8, 4) is 0 Å². The number of carbonyl (C=O) groups is 4. The number of nitrogens with zero attached hydrogens (tertiary/aromatic N) is 2. The third-order valence-corrected chi connectivity index (χ3v) is 3.57. The topological polar surface area (TPSA) is 143 Å². The van der Waals surface area contributed by atoms with Crippen LogP contribution in [0.25, 0.3) is 0 Å². The van der Waals surface area contributed by atoms with Crippen LogP contribution in [0.15, 0.2) is 24.3 Å². The average Bonchev–Trinajstić information content (AvgIpc) is 3.15. The number of carbonyl (C=O) groups excluding carboxylic acids is 4. The maximum atomic E-state index is 11.7. The van der Waals surface area contributed by atoms with Crippen LogP contribution < -0.4 is 0 Å². The summed E-state index contributed by atoms with van der Waals surface area (Å²) in [5.74, 6) is -2.33. The lowest BCUT2D eigenvalue weighted by Crippen LogP contribution is -2.45. The quantitative estimate of drug-likeness (QED) is 0.276. The Morgan fingerprint density at radius 2 is 1.26 bits per heavy atom. The largest absolute Gasteiger partial charge is 0.394 e. The standard InChI is InChI=1S/C16H20N2O9/c19-5-6-27-16(18-13(22)3-4-14(18)23)10-26-8-7-25-9-15(24)17-11(20)1-2-12(17)21/h1-4,15-16,19,24H,5-10H2. The molecule has 0 radical (unpaired) electrons. The van der Waals surface area contributed by atoms with Gasteiger partial charge in [0.05, 0.1) is 39.6 Å². The molecule has 2 unspecified atom stereocenters. The minimum atomic E-state index is -1.41. The Hall–Kier alpha value is -2.44. The summed E-state index contributed by atoms with van der Waals surface area (Å²) in [6, 6.07) is 0. The van der Waals surface area contributed by atoms with E-state index < -0.39 is 36.1 Å². The van der Waals surface area contributed by atoms with Crippen molar-refractivity contribution in [2.24, 2.45) is 0 Å². The van der Waals surface area contributed by atoms with Crippen molar-refractivity contribution < 1.29 is 43.6 Å². The Balaban J connectivity index is 1.68. The summed E-state index contributed by atoms with van der Waals surface area (Å²) in [4.78, 5) is 47.7. The van der Waals surface area contributed by atoms with Gasteiger partial charge in [0.1, 0.15) is 0 Å². The second-order valence-electron chi connectivity index (χ2n) is 5.44. The van der Waals surface area contributed by atoms with Crippen molar-refractivity contribution >= 4 is 23.6 Å². The van der Waals surface area contributed by atoms with E-state index in [9.17, 15) is 24.3 Å². The number of rotatable bonds is 12. The van der Waals surface area contributed by atoms with Gasteiger partial charge in [0.15, 0.2) is 12.5 Å². The van der Waals surface area contributed by atoms with Gasteiger partial charge in [-0.25, -0.2) is 9.80 Å². The average molecular weight is 384 g/mol. The molecular formula is C16H20N2O9. The number of hydrogen-bond acceptors (Lipinski definition) is 9. The van der Waals surface area contributed by atoms with E-state index >= 15 is 0 Å². The minimum absolute atomic E-state index is 0.0214. The van der Waals surface area contributed by atoms with Gasteiger partial charge in [-0.1, -0.05) is 0 Å². The second kappa shape index (κ2) is 10.0. The molecule has 2 aliphatic rings. The summed E-state index contributed by atoms with van der Waals surface area (Å²) in [6.45, 7) is -0.745. The summed E-state index contributed by atoms with van der Waals surface area (Å²) in [5, 5.41) is 18.6. The fourth-order valence-electron chi connectivity index (χ4n) is 2.35. The maximum absolute atomic E-state index is 11.7. The molecule has 2 heterocycles. The van der Waals surface area contributed by atoms with E-state index in [0.717, 1.165) is 29.2 Å². The van der Waals surface area contributed by atoms with Crippen LogP contribution in [0.1, 0.15) is 0 Å². The van der Waals surface area contributed by atoms with Crippen molar-refractivity contribution in [3.05, 3.63) is 24.3 Å². The molecule has 2 rings (SSSR count). The molecule has 27 heavy (non-hydrogen) atoms. The fraction of sp³-hybridized carbons (Fsp3) is 0.500. The van der Waals surface area contributed by atoms with Crippen LogP contribution in [0.3, 0.4) is 0 Å². The summed E-state index contributed by atoms with van der Waals surface area (Å²) in [5.41, 5.74) is 0. The van der Waals surface area contributed by atoms with Gasteiger partial charge in [0, 0.05) is 24.3 Å². The molecule has 0 fully saturated rings. The molecule has 0 bridgehead atoms. The first kappa shape index (κ1) is 20.9. The number of amides is 4. The molecule has 2 atom stereocenters. The van der Waals surface area contributed by atoms with Crippen LogP contribution in [-0.2, 0) is 33.4 Å². The highest BCUT2D eigenvalue weighted by atomic mass is 16.6. The highest BCUT2D eigenvalue weighted by molar-refractivity contribution is 6.13. The van der Waals surface area contributed by atoms with Gasteiger partial charge in [-0.2, -0.15) is 0 Å². The Bertz CT molecular complexity index is 610. The Labute approximate surface area is 154 Å². The minimum Gasteiger partial charge on any atom is -0.394 e. The van der Waals surface area contributed by atoms with E-state index in [0.29, 0.717) is 4.90 Å². The van der Waals surface area contributed by atoms with Crippen LogP contribution in [0.5, 0.6) is 0 Å². The molecule has 0 aromatic carbocycles. The van der Waals surface area contributed by atoms with E-state index in [2.05, 4.69) is 0 Å². The van der Waals surface area contributed by atoms with Crippen molar-refractivity contribution in [2.75, 3.05) is 39.6 Å². The molecule has 4 amide bonds. The smallest absolute Gasteiger partial charge is 0.255 e. The fourth-order valence-corrected chi connectivity index (χ4v) is 2.35. The predicted molar refractivity (Wildman–Crippen MR) is 86.5 cm³/mol. The zero-order chi connectivity index (χ0) is 19.8. The second-order valence-corrected chi connectivity index (χ2v) is 5.44. The van der Waals surface area contributed by atoms with Gasteiger partial charge in [-0.3, -0.25) is 19.2 Å². The van der Waals surface area contributed by atoms with Gasteiger partial charge >= 0.3 is 0 Å². The lowest BCUT2D eigenvalue weighted by atomic mass is 10.4. The monoisotopic (exact) mass is 384 g/mol. The van der Waals surface area contributed by atoms with E-state index in [1.807, 2.05) is 0 Å². The number of imide groups is 2. The normalized spacial score (nSPS) is 18.9. The maximum Gasteiger partial charge on any atom is 0.255 e. The van der Waals surface area contributed by atoms with Gasteiger partial charge in [0.25, 0.3) is 23.6 Å². The zero-order valence-corrected chi connectivity index (χ0v) is 14.4. The lowest BCUT2D eigenvalue weighted by molar-refractivity contribution is -0.162. The molecule has 148 valence electrons. The van der Waals surface area contributed by atoms with Crippen molar-refractivity contribution in [1.82, 2.24) is 9.80 Å². The summed E-state index contributed by atoms with van der Waals surface area (Å²) in [6.07, 6.45) is 1.92. The van der Waals surface area contributed by atoms with E-state index in [1.165, 1.54) is 0 Å². The highest BCUT2D eigenvalue weighted by Gasteiger charge is 2.32. The number of aliphatic hydroxyl groups excluding tert-OH is 2. The predicted octanol–water partition coefficient (Wildman–Crippen LogP) is -2.48. The lowest BCUT2D eigenvalue weighted by Gasteiger charge is -2.26. The Morgan fingerprint density at radius 1 is 0.778 bits per heavy atom. The van der Waals surface area contributed by atoms with E-state index in [1.54, 1.807) is 0 Å². The molecule has 2 aliphatic heterocycles. The van der Waals surface area contributed by atoms with Crippen molar-refractivity contribution in [3.63, 3.8) is 0 Å². The highest BCUT2D eigenvalue weighted by Crippen LogP contribution is 2.11. The van der Waals surface area contributed by atoms with Gasteiger partial charge < -0.3 is 24.4 Å². The molecule has 0 saturated heterocycles. The summed E-state index contributed by atoms with van der Waals surface area (Å²) >= 11 is 0. The number of aliphatic hydroxyl groups is 2. The number of ether oxygens (including phenoxy) is 3. The van der Waals surface area contributed by atoms with Crippen LogP contribution in [0.4, 0.5) is 0 Å². The van der Waals surface area contributed by atoms with Crippen molar-refractivity contribution in [1.29, 1.82) is 0 Å². The molecule has 0 aromatic rings. The van der Waals surface area contributed by atoms with Crippen LogP contribution in [-0.4, -0.2) is 95.7 Å². The zero-order valence-electron chi connectivity index (χ0n) is 14.4.